The van der Waals surface area contributed by atoms with Gasteiger partial charge in [0, 0.05) is 25.4 Å². The lowest BCUT2D eigenvalue weighted by molar-refractivity contribution is -0.120. The molecule has 0 fully saturated rings. The van der Waals surface area contributed by atoms with Crippen LogP contribution in [0.25, 0.3) is 0 Å². The van der Waals surface area contributed by atoms with Crippen molar-refractivity contribution in [1.29, 1.82) is 0 Å². The zero-order chi connectivity index (χ0) is 13.8. The first-order valence-corrected chi connectivity index (χ1v) is 6.80. The number of para-hydroxylation sites is 1. The molecule has 0 bridgehead atoms. The summed E-state index contributed by atoms with van der Waals surface area (Å²) in [6, 6.07) is 7.81. The minimum Gasteiger partial charge on any atom is -0.385 e. The molecule has 4 nitrogen and oxygen atoms in total. The zero-order valence-corrected chi connectivity index (χ0v) is 11.6. The van der Waals surface area contributed by atoms with Gasteiger partial charge in [0.05, 0.1) is 6.04 Å². The van der Waals surface area contributed by atoms with Gasteiger partial charge in [-0.15, -0.1) is 0 Å². The maximum Gasteiger partial charge on any atom is 0.244 e. The maximum absolute atomic E-state index is 12.5. The summed E-state index contributed by atoms with van der Waals surface area (Å²) < 4.78 is 4.99. The molecule has 1 heterocycles. The van der Waals surface area contributed by atoms with Crippen molar-refractivity contribution < 1.29 is 9.53 Å². The number of hydrogen-bond donors (Lipinski definition) is 1. The number of ether oxygens (including phenoxy) is 1. The monoisotopic (exact) mass is 262 g/mol. The van der Waals surface area contributed by atoms with Crippen LogP contribution in [0.3, 0.4) is 0 Å². The average molecular weight is 262 g/mol. The lowest BCUT2D eigenvalue weighted by Crippen LogP contribution is -2.46. The van der Waals surface area contributed by atoms with E-state index < -0.39 is 6.04 Å². The summed E-state index contributed by atoms with van der Waals surface area (Å²) in [6.45, 7) is 2.72. The van der Waals surface area contributed by atoms with Gasteiger partial charge in [-0.25, -0.2) is 0 Å². The number of hydrogen-bond acceptors (Lipinski definition) is 3. The third kappa shape index (κ3) is 2.96. The summed E-state index contributed by atoms with van der Waals surface area (Å²) in [5.41, 5.74) is 8.26. The fraction of sp³-hybridized carbons (Fsp3) is 0.533. The molecule has 0 saturated heterocycles. The van der Waals surface area contributed by atoms with Gasteiger partial charge >= 0.3 is 0 Å². The molecule has 2 atom stereocenters. The van der Waals surface area contributed by atoms with Crippen LogP contribution in [-0.4, -0.2) is 31.7 Å². The van der Waals surface area contributed by atoms with Gasteiger partial charge in [0.25, 0.3) is 0 Å². The Labute approximate surface area is 114 Å². The van der Waals surface area contributed by atoms with Gasteiger partial charge in [-0.1, -0.05) is 18.2 Å². The van der Waals surface area contributed by atoms with E-state index in [9.17, 15) is 4.79 Å². The van der Waals surface area contributed by atoms with Crippen molar-refractivity contribution in [2.24, 2.45) is 5.73 Å². The molecule has 0 aliphatic carbocycles. The second kappa shape index (κ2) is 6.17. The molecule has 0 aromatic heterocycles. The molecule has 0 spiro atoms. The van der Waals surface area contributed by atoms with E-state index in [0.29, 0.717) is 13.0 Å². The van der Waals surface area contributed by atoms with Crippen LogP contribution in [0.1, 0.15) is 25.3 Å². The van der Waals surface area contributed by atoms with Crippen LogP contribution in [0.4, 0.5) is 5.69 Å². The normalized spacial score (nSPS) is 19.3. The number of nitrogens with zero attached hydrogens (tertiary/aromatic N) is 1. The Hall–Kier alpha value is -1.39. The van der Waals surface area contributed by atoms with Crippen LogP contribution in [0.5, 0.6) is 0 Å². The van der Waals surface area contributed by atoms with E-state index in [1.54, 1.807) is 7.11 Å². The average Bonchev–Trinajstić information content (AvgIpc) is 2.74. The molecule has 2 N–H and O–H groups in total. The highest BCUT2D eigenvalue weighted by molar-refractivity contribution is 5.99. The number of carbonyl (C=O) groups is 1. The number of anilines is 1. The lowest BCUT2D eigenvalue weighted by atomic mass is 10.1. The standard InChI is InChI=1S/C15H22N2O2/c1-11-10-12-6-3-4-8-14(12)17(11)15(18)13(16)7-5-9-19-2/h3-4,6,8,11,13H,5,7,9-10,16H2,1-2H3. The van der Waals surface area contributed by atoms with Gasteiger partial charge in [-0.05, 0) is 37.8 Å². The van der Waals surface area contributed by atoms with Crippen molar-refractivity contribution in [1.82, 2.24) is 0 Å². The number of amides is 1. The van der Waals surface area contributed by atoms with Crippen LogP contribution in [0, 0.1) is 0 Å². The van der Waals surface area contributed by atoms with Crippen LogP contribution in [-0.2, 0) is 16.0 Å². The predicted molar refractivity (Wildman–Crippen MR) is 76.2 cm³/mol. The molecule has 2 unspecified atom stereocenters. The fourth-order valence-electron chi connectivity index (χ4n) is 2.65. The van der Waals surface area contributed by atoms with E-state index in [1.807, 2.05) is 23.1 Å². The molecule has 2 rings (SSSR count). The van der Waals surface area contributed by atoms with E-state index in [-0.39, 0.29) is 11.9 Å². The van der Waals surface area contributed by atoms with Gasteiger partial charge in [-0.3, -0.25) is 4.79 Å². The van der Waals surface area contributed by atoms with Crippen LogP contribution in [0.2, 0.25) is 0 Å². The first-order valence-electron chi connectivity index (χ1n) is 6.80. The third-order valence-electron chi connectivity index (χ3n) is 3.63. The maximum atomic E-state index is 12.5. The van der Waals surface area contributed by atoms with Crippen molar-refractivity contribution in [3.05, 3.63) is 29.8 Å². The first kappa shape index (κ1) is 14.0. The third-order valence-corrected chi connectivity index (χ3v) is 3.63. The highest BCUT2D eigenvalue weighted by Gasteiger charge is 2.32. The van der Waals surface area contributed by atoms with Crippen LogP contribution < -0.4 is 10.6 Å². The zero-order valence-electron chi connectivity index (χ0n) is 11.6. The Morgan fingerprint density at radius 2 is 2.26 bits per heavy atom. The molecule has 4 heteroatoms. The molecule has 1 aliphatic rings. The van der Waals surface area contributed by atoms with E-state index >= 15 is 0 Å². The van der Waals surface area contributed by atoms with Crippen molar-refractivity contribution in [3.63, 3.8) is 0 Å². The number of carbonyl (C=O) groups excluding carboxylic acids is 1. The van der Waals surface area contributed by atoms with Crippen molar-refractivity contribution in [2.45, 2.75) is 38.3 Å². The molecular formula is C15H22N2O2. The Balaban J connectivity index is 2.06. The van der Waals surface area contributed by atoms with Gasteiger partial charge in [0.1, 0.15) is 0 Å². The predicted octanol–water partition coefficient (Wildman–Crippen LogP) is 1.72. The largest absolute Gasteiger partial charge is 0.385 e. The van der Waals surface area contributed by atoms with E-state index in [4.69, 9.17) is 10.5 Å². The molecule has 0 radical (unpaired) electrons. The topological polar surface area (TPSA) is 55.6 Å². The summed E-state index contributed by atoms with van der Waals surface area (Å²) >= 11 is 0. The van der Waals surface area contributed by atoms with E-state index in [0.717, 1.165) is 18.5 Å². The first-order chi connectivity index (χ1) is 9.15. The second-order valence-electron chi connectivity index (χ2n) is 5.13. The molecule has 19 heavy (non-hydrogen) atoms. The van der Waals surface area contributed by atoms with Crippen LogP contribution in [0.15, 0.2) is 24.3 Å². The molecule has 1 aromatic rings. The Morgan fingerprint density at radius 3 is 3.00 bits per heavy atom. The number of nitrogens with two attached hydrogens (primary N) is 1. The van der Waals surface area contributed by atoms with Gasteiger partial charge in [0.2, 0.25) is 5.91 Å². The molecule has 0 saturated carbocycles. The number of rotatable bonds is 5. The lowest BCUT2D eigenvalue weighted by Gasteiger charge is -2.26. The Bertz CT molecular complexity index is 448. The highest BCUT2D eigenvalue weighted by atomic mass is 16.5. The number of methoxy groups -OCH3 is 1. The molecule has 1 aliphatic heterocycles. The Kier molecular flexibility index (Phi) is 4.56. The van der Waals surface area contributed by atoms with Crippen molar-refractivity contribution >= 4 is 11.6 Å². The van der Waals surface area contributed by atoms with Crippen molar-refractivity contribution in [2.75, 3.05) is 18.6 Å². The highest BCUT2D eigenvalue weighted by Crippen LogP contribution is 2.32. The van der Waals surface area contributed by atoms with E-state index in [1.165, 1.54) is 5.56 Å². The summed E-state index contributed by atoms with van der Waals surface area (Å²) in [5, 5.41) is 0. The quantitative estimate of drug-likeness (QED) is 0.822. The summed E-state index contributed by atoms with van der Waals surface area (Å²) in [6.07, 6.45) is 2.39. The Morgan fingerprint density at radius 1 is 1.53 bits per heavy atom. The fourth-order valence-corrected chi connectivity index (χ4v) is 2.65. The minimum absolute atomic E-state index is 0.0218. The molecular weight excluding hydrogens is 240 g/mol. The molecule has 104 valence electrons. The van der Waals surface area contributed by atoms with Gasteiger partial charge < -0.3 is 15.4 Å². The molecule has 1 aromatic carbocycles. The number of benzene rings is 1. The summed E-state index contributed by atoms with van der Waals surface area (Å²) in [4.78, 5) is 14.3. The number of fused-ring (bicyclic) bond motifs is 1. The second-order valence-corrected chi connectivity index (χ2v) is 5.13. The van der Waals surface area contributed by atoms with Gasteiger partial charge in [-0.2, -0.15) is 0 Å². The summed E-state index contributed by atoms with van der Waals surface area (Å²) in [5.74, 6) is 0.0218. The SMILES string of the molecule is COCCCC(N)C(=O)N1c2ccccc2CC1C. The smallest absolute Gasteiger partial charge is 0.244 e. The summed E-state index contributed by atoms with van der Waals surface area (Å²) in [7, 11) is 1.66. The van der Waals surface area contributed by atoms with Crippen molar-refractivity contribution in [3.8, 4) is 0 Å². The van der Waals surface area contributed by atoms with Gasteiger partial charge in [0.15, 0.2) is 0 Å². The van der Waals surface area contributed by atoms with Crippen LogP contribution >= 0.6 is 0 Å². The van der Waals surface area contributed by atoms with E-state index in [2.05, 4.69) is 13.0 Å². The minimum atomic E-state index is -0.441. The molecule has 1 amide bonds.